The lowest BCUT2D eigenvalue weighted by Gasteiger charge is -2.33. The fourth-order valence-electron chi connectivity index (χ4n) is 1.39. The SMILES string of the molecule is CC(C)(C)N(CC(=O)O)Cc1ccc(Br)cn1. The van der Waals surface area contributed by atoms with Crippen molar-refractivity contribution >= 4 is 21.9 Å². The van der Waals surface area contributed by atoms with Crippen LogP contribution in [0.15, 0.2) is 22.8 Å². The van der Waals surface area contributed by atoms with Gasteiger partial charge in [-0.25, -0.2) is 0 Å². The summed E-state index contributed by atoms with van der Waals surface area (Å²) < 4.78 is 0.918. The van der Waals surface area contributed by atoms with E-state index in [0.717, 1.165) is 10.2 Å². The van der Waals surface area contributed by atoms with Crippen LogP contribution in [0.5, 0.6) is 0 Å². The minimum absolute atomic E-state index is 0.0151. The second-order valence-electron chi connectivity index (χ2n) is 4.89. The Morgan fingerprint density at radius 3 is 2.53 bits per heavy atom. The molecule has 0 atom stereocenters. The number of hydrogen-bond acceptors (Lipinski definition) is 3. The Labute approximate surface area is 110 Å². The van der Waals surface area contributed by atoms with Crippen molar-refractivity contribution in [2.75, 3.05) is 6.54 Å². The standard InChI is InChI=1S/C12H17BrN2O2/c1-12(2,3)15(8-11(16)17)7-10-5-4-9(13)6-14-10/h4-6H,7-8H2,1-3H3,(H,16,17). The lowest BCUT2D eigenvalue weighted by Crippen LogP contribution is -2.43. The molecule has 0 bridgehead atoms. The Morgan fingerprint density at radius 1 is 1.47 bits per heavy atom. The maximum absolute atomic E-state index is 10.8. The first-order valence-corrected chi connectivity index (χ1v) is 6.15. The zero-order valence-electron chi connectivity index (χ0n) is 10.3. The van der Waals surface area contributed by atoms with Gasteiger partial charge < -0.3 is 5.11 Å². The molecule has 0 aromatic carbocycles. The van der Waals surface area contributed by atoms with Crippen LogP contribution in [0.25, 0.3) is 0 Å². The molecule has 0 spiro atoms. The van der Waals surface area contributed by atoms with Crippen molar-refractivity contribution in [3.05, 3.63) is 28.5 Å². The molecule has 0 saturated carbocycles. The van der Waals surface area contributed by atoms with Crippen LogP contribution in [-0.4, -0.2) is 33.0 Å². The first-order valence-electron chi connectivity index (χ1n) is 5.36. The Kier molecular flexibility index (Phi) is 4.65. The molecule has 1 aromatic rings. The van der Waals surface area contributed by atoms with Gasteiger partial charge in [0, 0.05) is 22.8 Å². The molecule has 1 aromatic heterocycles. The van der Waals surface area contributed by atoms with Crippen molar-refractivity contribution in [3.63, 3.8) is 0 Å². The summed E-state index contributed by atoms with van der Waals surface area (Å²) in [6, 6.07) is 3.80. The van der Waals surface area contributed by atoms with Gasteiger partial charge >= 0.3 is 5.97 Å². The summed E-state index contributed by atoms with van der Waals surface area (Å²) in [4.78, 5) is 17.0. The van der Waals surface area contributed by atoms with E-state index in [1.54, 1.807) is 6.20 Å². The number of rotatable bonds is 4. The number of nitrogens with zero attached hydrogens (tertiary/aromatic N) is 2. The van der Waals surface area contributed by atoms with Gasteiger partial charge in [0.15, 0.2) is 0 Å². The van der Waals surface area contributed by atoms with Crippen LogP contribution in [0, 0.1) is 0 Å². The van der Waals surface area contributed by atoms with Gasteiger partial charge in [-0.15, -0.1) is 0 Å². The summed E-state index contributed by atoms with van der Waals surface area (Å²) in [5.41, 5.74) is 0.664. The van der Waals surface area contributed by atoms with E-state index in [9.17, 15) is 4.79 Å². The molecule has 0 aliphatic heterocycles. The summed E-state index contributed by atoms with van der Waals surface area (Å²) >= 11 is 3.32. The van der Waals surface area contributed by atoms with Gasteiger partial charge in [-0.05, 0) is 48.8 Å². The number of carboxylic acids is 1. The van der Waals surface area contributed by atoms with E-state index in [4.69, 9.17) is 5.11 Å². The molecular formula is C12H17BrN2O2. The lowest BCUT2D eigenvalue weighted by molar-refractivity contribution is -0.139. The van der Waals surface area contributed by atoms with Crippen LogP contribution in [0.2, 0.25) is 0 Å². The summed E-state index contributed by atoms with van der Waals surface area (Å²) in [7, 11) is 0. The highest BCUT2D eigenvalue weighted by molar-refractivity contribution is 9.10. The van der Waals surface area contributed by atoms with E-state index in [-0.39, 0.29) is 12.1 Å². The minimum atomic E-state index is -0.822. The molecule has 0 aliphatic carbocycles. The quantitative estimate of drug-likeness (QED) is 0.928. The molecule has 0 fully saturated rings. The van der Waals surface area contributed by atoms with Crippen LogP contribution < -0.4 is 0 Å². The number of halogens is 1. The lowest BCUT2D eigenvalue weighted by atomic mass is 10.1. The first-order chi connectivity index (χ1) is 7.79. The number of carboxylic acid groups (broad SMARTS) is 1. The maximum Gasteiger partial charge on any atom is 0.317 e. The molecule has 0 saturated heterocycles. The Bertz CT molecular complexity index is 384. The van der Waals surface area contributed by atoms with Gasteiger partial charge in [0.25, 0.3) is 0 Å². The van der Waals surface area contributed by atoms with E-state index >= 15 is 0 Å². The third-order valence-electron chi connectivity index (χ3n) is 2.42. The third kappa shape index (κ3) is 4.83. The topological polar surface area (TPSA) is 53.4 Å². The van der Waals surface area contributed by atoms with E-state index < -0.39 is 5.97 Å². The Morgan fingerprint density at radius 2 is 2.12 bits per heavy atom. The molecule has 4 nitrogen and oxygen atoms in total. The van der Waals surface area contributed by atoms with Crippen molar-refractivity contribution in [2.24, 2.45) is 0 Å². The number of hydrogen-bond donors (Lipinski definition) is 1. The monoisotopic (exact) mass is 300 g/mol. The van der Waals surface area contributed by atoms with Crippen molar-refractivity contribution in [3.8, 4) is 0 Å². The van der Waals surface area contributed by atoms with Gasteiger partial charge in [-0.3, -0.25) is 14.7 Å². The molecular weight excluding hydrogens is 284 g/mol. The molecule has 17 heavy (non-hydrogen) atoms. The molecule has 0 aliphatic rings. The van der Waals surface area contributed by atoms with Gasteiger partial charge in [0.05, 0.1) is 12.2 Å². The number of aromatic nitrogens is 1. The van der Waals surface area contributed by atoms with Crippen LogP contribution in [-0.2, 0) is 11.3 Å². The van der Waals surface area contributed by atoms with E-state index in [0.29, 0.717) is 6.54 Å². The van der Waals surface area contributed by atoms with Crippen LogP contribution in [0.3, 0.4) is 0 Å². The van der Waals surface area contributed by atoms with Crippen LogP contribution >= 0.6 is 15.9 Å². The van der Waals surface area contributed by atoms with Gasteiger partial charge in [0.1, 0.15) is 0 Å². The first kappa shape index (κ1) is 14.1. The second-order valence-corrected chi connectivity index (χ2v) is 5.80. The van der Waals surface area contributed by atoms with Crippen molar-refractivity contribution < 1.29 is 9.90 Å². The maximum atomic E-state index is 10.8. The van der Waals surface area contributed by atoms with Crippen molar-refractivity contribution in [2.45, 2.75) is 32.9 Å². The van der Waals surface area contributed by atoms with Crippen molar-refractivity contribution in [1.82, 2.24) is 9.88 Å². The normalized spacial score (nSPS) is 11.8. The minimum Gasteiger partial charge on any atom is -0.480 e. The zero-order valence-corrected chi connectivity index (χ0v) is 11.9. The number of aliphatic carboxylic acids is 1. The smallest absolute Gasteiger partial charge is 0.317 e. The third-order valence-corrected chi connectivity index (χ3v) is 2.89. The molecule has 94 valence electrons. The highest BCUT2D eigenvalue weighted by atomic mass is 79.9. The number of carbonyl (C=O) groups is 1. The predicted octanol–water partition coefficient (Wildman–Crippen LogP) is 2.53. The summed E-state index contributed by atoms with van der Waals surface area (Å²) in [6.45, 7) is 6.53. The molecule has 0 radical (unpaired) electrons. The van der Waals surface area contributed by atoms with Crippen molar-refractivity contribution in [1.29, 1.82) is 0 Å². The predicted molar refractivity (Wildman–Crippen MR) is 69.7 cm³/mol. The highest BCUT2D eigenvalue weighted by Crippen LogP contribution is 2.17. The molecule has 1 heterocycles. The van der Waals surface area contributed by atoms with E-state index in [1.807, 2.05) is 37.8 Å². The Balaban J connectivity index is 2.79. The van der Waals surface area contributed by atoms with Gasteiger partial charge in [-0.1, -0.05) is 0 Å². The second kappa shape index (κ2) is 5.60. The summed E-state index contributed by atoms with van der Waals surface area (Å²) in [6.07, 6.45) is 1.72. The summed E-state index contributed by atoms with van der Waals surface area (Å²) in [5.74, 6) is -0.822. The average molecular weight is 301 g/mol. The Hall–Kier alpha value is -0.940. The molecule has 0 unspecified atom stereocenters. The van der Waals surface area contributed by atoms with Gasteiger partial charge in [0.2, 0.25) is 0 Å². The van der Waals surface area contributed by atoms with Gasteiger partial charge in [-0.2, -0.15) is 0 Å². The number of pyridine rings is 1. The highest BCUT2D eigenvalue weighted by Gasteiger charge is 2.23. The van der Waals surface area contributed by atoms with E-state index in [2.05, 4.69) is 20.9 Å². The molecule has 0 amide bonds. The zero-order chi connectivity index (χ0) is 13.1. The average Bonchev–Trinajstić information content (AvgIpc) is 2.18. The summed E-state index contributed by atoms with van der Waals surface area (Å²) in [5, 5.41) is 8.90. The van der Waals surface area contributed by atoms with Crippen LogP contribution in [0.4, 0.5) is 0 Å². The van der Waals surface area contributed by atoms with E-state index in [1.165, 1.54) is 0 Å². The largest absolute Gasteiger partial charge is 0.480 e. The fourth-order valence-corrected chi connectivity index (χ4v) is 1.62. The molecule has 1 N–H and O–H groups in total. The van der Waals surface area contributed by atoms with Crippen LogP contribution in [0.1, 0.15) is 26.5 Å². The molecule has 5 heteroatoms. The fraction of sp³-hybridized carbons (Fsp3) is 0.500. The molecule has 1 rings (SSSR count).